The van der Waals surface area contributed by atoms with Crippen molar-refractivity contribution in [2.45, 2.75) is 240 Å². The maximum atomic E-state index is 12.2. The molecule has 24 nitrogen and oxygen atoms in total. The van der Waals surface area contributed by atoms with Crippen LogP contribution >= 0.6 is 0 Å². The summed E-state index contributed by atoms with van der Waals surface area (Å²) in [7, 11) is 0. The summed E-state index contributed by atoms with van der Waals surface area (Å²) in [6.07, 6.45) is 5.97. The van der Waals surface area contributed by atoms with Gasteiger partial charge in [-0.2, -0.15) is 0 Å². The van der Waals surface area contributed by atoms with Gasteiger partial charge in [-0.1, -0.05) is 27.7 Å². The molecule has 3 aliphatic carbocycles. The first-order valence-corrected chi connectivity index (χ1v) is 29.9. The van der Waals surface area contributed by atoms with Crippen LogP contribution in [0.2, 0.25) is 0 Å². The molecule has 3 saturated carbocycles. The standard InChI is InChI=1S/C21H32O8.2C20H30O8/c1-6-19(2,3)18(25)27-12-11-26-15(22)7-8-16(23)28-20(4)10-9-14-13-21(20,5)29-17(14)24;1-5-19(2,3)18(24)26-11-10-25-15(21)6-7-16(22)27-14-12-13-8-9-20(14,4)28-17(13)23;1-5-13(2)17(23)26-11-10-25-15(21)6-7-16(22)27-19(3)9-8-14-12-20(19,4)28-18(14)24/h14H,6-13H2,1-5H3;2*13-14H,5-12H2,1-4H3. The predicted molar refractivity (Wildman–Crippen MR) is 295 cm³/mol. The van der Waals surface area contributed by atoms with Crippen LogP contribution in [0.25, 0.3) is 0 Å². The molecule has 7 aliphatic rings. The number of carbonyl (C=O) groups excluding carboxylic acids is 12. The molecule has 24 heteroatoms. The van der Waals surface area contributed by atoms with E-state index in [9.17, 15) is 57.5 Å². The molecule has 10 unspecified atom stereocenters. The summed E-state index contributed by atoms with van der Waals surface area (Å²) in [6, 6.07) is 0. The van der Waals surface area contributed by atoms with E-state index in [1.165, 1.54) is 0 Å². The number of esters is 12. The minimum Gasteiger partial charge on any atom is -0.462 e. The van der Waals surface area contributed by atoms with Crippen LogP contribution in [0.4, 0.5) is 0 Å². The Labute approximate surface area is 498 Å². The third kappa shape index (κ3) is 19.6. The van der Waals surface area contributed by atoms with Gasteiger partial charge in [0.2, 0.25) is 0 Å². The van der Waals surface area contributed by atoms with Crippen LogP contribution in [-0.4, -0.2) is 145 Å². The van der Waals surface area contributed by atoms with Gasteiger partial charge < -0.3 is 56.8 Å². The average molecular weight is 1210 g/mol. The minimum atomic E-state index is -0.906. The van der Waals surface area contributed by atoms with Crippen molar-refractivity contribution < 1.29 is 114 Å². The monoisotopic (exact) mass is 1210 g/mol. The second kappa shape index (κ2) is 30.3. The van der Waals surface area contributed by atoms with Gasteiger partial charge in [-0.3, -0.25) is 57.5 Å². The molecule has 7 rings (SSSR count). The van der Waals surface area contributed by atoms with Gasteiger partial charge in [-0.15, -0.1) is 0 Å². The summed E-state index contributed by atoms with van der Waals surface area (Å²) in [5.41, 5.74) is -5.40. The van der Waals surface area contributed by atoms with Crippen LogP contribution in [0.1, 0.15) is 206 Å². The fourth-order valence-electron chi connectivity index (χ4n) is 10.2. The van der Waals surface area contributed by atoms with Crippen LogP contribution in [0.3, 0.4) is 0 Å². The van der Waals surface area contributed by atoms with Crippen molar-refractivity contribution in [1.82, 2.24) is 0 Å². The van der Waals surface area contributed by atoms with Crippen molar-refractivity contribution >= 4 is 71.6 Å². The molecule has 0 amide bonds. The van der Waals surface area contributed by atoms with Gasteiger partial charge in [0.1, 0.15) is 73.8 Å². The van der Waals surface area contributed by atoms with Crippen LogP contribution in [0.5, 0.6) is 0 Å². The summed E-state index contributed by atoms with van der Waals surface area (Å²) in [5.74, 6) is -5.68. The summed E-state index contributed by atoms with van der Waals surface area (Å²) in [5, 5.41) is 0. The molecule has 0 aromatic carbocycles. The Bertz CT molecular complexity index is 2450. The van der Waals surface area contributed by atoms with Gasteiger partial charge >= 0.3 is 71.6 Å². The molecule has 0 N–H and O–H groups in total. The average Bonchev–Trinajstić information content (AvgIpc) is 2.14. The van der Waals surface area contributed by atoms with E-state index in [2.05, 4.69) is 0 Å². The Morgan fingerprint density at radius 3 is 1.21 bits per heavy atom. The van der Waals surface area contributed by atoms with E-state index in [1.807, 2.05) is 20.8 Å². The lowest BCUT2D eigenvalue weighted by atomic mass is 9.71. The fourth-order valence-corrected chi connectivity index (χ4v) is 10.2. The van der Waals surface area contributed by atoms with Crippen molar-refractivity contribution in [2.24, 2.45) is 34.5 Å². The number of fused-ring (bicyclic) bond motifs is 7. The zero-order valence-corrected chi connectivity index (χ0v) is 52.2. The Kier molecular flexibility index (Phi) is 25.4. The number of ether oxygens (including phenoxy) is 12. The number of carbonyl (C=O) groups is 12. The van der Waals surface area contributed by atoms with Crippen molar-refractivity contribution in [3.63, 3.8) is 0 Å². The van der Waals surface area contributed by atoms with E-state index in [1.54, 1.807) is 69.2 Å². The fraction of sp³-hybridized carbons (Fsp3) is 0.803. The zero-order valence-electron chi connectivity index (χ0n) is 52.2. The first-order valence-electron chi connectivity index (χ1n) is 29.9. The highest BCUT2D eigenvalue weighted by atomic mass is 16.6. The van der Waals surface area contributed by atoms with Crippen LogP contribution in [0, 0.1) is 34.5 Å². The lowest BCUT2D eigenvalue weighted by Crippen LogP contribution is -2.57. The molecule has 480 valence electrons. The SMILES string of the molecule is CCC(C)(C)C(=O)OCCOC(=O)CCC(=O)OC1(C)CCC2CC1(C)OC2=O.CCC(C)(C)C(=O)OCCOC(=O)CCC(=O)OC1CC2CCC1(C)OC2=O.CCC(C)C(=O)OCCOC(=O)CCC(=O)OC1(C)CCC2CC1(C)OC2=O. The first kappa shape index (κ1) is 71.1. The summed E-state index contributed by atoms with van der Waals surface area (Å²) >= 11 is 0. The Morgan fingerprint density at radius 1 is 0.482 bits per heavy atom. The largest absolute Gasteiger partial charge is 0.462 e. The predicted octanol–water partition coefficient (Wildman–Crippen LogP) is 7.34. The van der Waals surface area contributed by atoms with Crippen molar-refractivity contribution in [1.29, 1.82) is 0 Å². The summed E-state index contributed by atoms with van der Waals surface area (Å²) < 4.78 is 63.1. The third-order valence-corrected chi connectivity index (χ3v) is 17.8. The van der Waals surface area contributed by atoms with Crippen molar-refractivity contribution in [2.75, 3.05) is 39.6 Å². The van der Waals surface area contributed by atoms with Gasteiger partial charge in [0.25, 0.3) is 0 Å². The van der Waals surface area contributed by atoms with Crippen molar-refractivity contribution in [3.8, 4) is 0 Å². The second-order valence-electron chi connectivity index (χ2n) is 25.2. The molecule has 4 saturated heterocycles. The number of hydrogen-bond acceptors (Lipinski definition) is 24. The molecule has 0 aromatic heterocycles. The first-order chi connectivity index (χ1) is 39.6. The lowest BCUT2D eigenvalue weighted by molar-refractivity contribution is -0.218. The van der Waals surface area contributed by atoms with Gasteiger partial charge in [-0.25, -0.2) is 0 Å². The Hall–Kier alpha value is -6.36. The van der Waals surface area contributed by atoms with Crippen LogP contribution in [-0.2, 0) is 114 Å². The van der Waals surface area contributed by atoms with Gasteiger partial charge in [0, 0.05) is 19.3 Å². The molecule has 7 fully saturated rings. The molecule has 10 atom stereocenters. The molecular weight excluding hydrogens is 1120 g/mol. The molecule has 4 heterocycles. The number of hydrogen-bond donors (Lipinski definition) is 0. The summed E-state index contributed by atoms with van der Waals surface area (Å²) in [4.78, 5) is 142. The van der Waals surface area contributed by atoms with Crippen LogP contribution < -0.4 is 0 Å². The van der Waals surface area contributed by atoms with E-state index in [0.29, 0.717) is 70.6 Å². The quantitative estimate of drug-likeness (QED) is 0.0441. The highest BCUT2D eigenvalue weighted by Gasteiger charge is 2.62. The molecule has 85 heavy (non-hydrogen) atoms. The minimum absolute atomic E-state index is 0.0116. The normalized spacial score (nSPS) is 28.1. The highest BCUT2D eigenvalue weighted by Crippen LogP contribution is 2.51. The van der Waals surface area contributed by atoms with E-state index >= 15 is 0 Å². The molecule has 6 bridgehead atoms. The van der Waals surface area contributed by atoms with Gasteiger partial charge in [-0.05, 0) is 120 Å². The maximum Gasteiger partial charge on any atom is 0.311 e. The number of rotatable bonds is 27. The Morgan fingerprint density at radius 2 is 0.835 bits per heavy atom. The third-order valence-electron chi connectivity index (χ3n) is 17.8. The topological polar surface area (TPSA) is 316 Å². The molecule has 4 aliphatic heterocycles. The molecule has 0 aromatic rings. The summed E-state index contributed by atoms with van der Waals surface area (Å²) in [6.45, 7) is 23.2. The highest BCUT2D eigenvalue weighted by molar-refractivity contribution is 5.82. The van der Waals surface area contributed by atoms with Gasteiger partial charge in [0.05, 0.1) is 73.0 Å². The Balaban J connectivity index is 0.000000273. The maximum absolute atomic E-state index is 12.2. The van der Waals surface area contributed by atoms with Crippen LogP contribution in [0.15, 0.2) is 0 Å². The molecule has 0 radical (unpaired) electrons. The van der Waals surface area contributed by atoms with E-state index in [0.717, 1.165) is 6.42 Å². The van der Waals surface area contributed by atoms with E-state index in [-0.39, 0.29) is 138 Å². The smallest absolute Gasteiger partial charge is 0.311 e. The van der Waals surface area contributed by atoms with E-state index in [4.69, 9.17) is 56.8 Å². The molecular formula is C61H92O24. The van der Waals surface area contributed by atoms with Gasteiger partial charge in [0.15, 0.2) is 0 Å². The zero-order chi connectivity index (χ0) is 63.8. The second-order valence-corrected chi connectivity index (χ2v) is 25.2. The van der Waals surface area contributed by atoms with Crippen molar-refractivity contribution in [3.05, 3.63) is 0 Å². The van der Waals surface area contributed by atoms with E-state index < -0.39 is 80.8 Å². The molecule has 0 spiro atoms. The lowest BCUT2D eigenvalue weighted by Gasteiger charge is -2.47.